The van der Waals surface area contributed by atoms with Crippen LogP contribution in [0.5, 0.6) is 11.5 Å². The zero-order valence-electron chi connectivity index (χ0n) is 12.2. The van der Waals surface area contributed by atoms with Crippen LogP contribution in [0.25, 0.3) is 0 Å². The third-order valence-corrected chi connectivity index (χ3v) is 2.90. The van der Waals surface area contributed by atoms with Gasteiger partial charge in [-0.05, 0) is 12.1 Å². The molecule has 0 saturated carbocycles. The minimum atomic E-state index is -0.624. The molecule has 2 aromatic rings. The van der Waals surface area contributed by atoms with Crippen LogP contribution in [0.15, 0.2) is 46.6 Å². The van der Waals surface area contributed by atoms with Gasteiger partial charge in [-0.3, -0.25) is 20.2 Å². The fourth-order valence-corrected chi connectivity index (χ4v) is 1.71. The second kappa shape index (κ2) is 8.52. The van der Waals surface area contributed by atoms with Crippen molar-refractivity contribution < 1.29 is 37.1 Å². The number of phenols is 2. The summed E-state index contributed by atoms with van der Waals surface area (Å²) in [4.78, 5) is 20.1. The van der Waals surface area contributed by atoms with E-state index in [-0.39, 0.29) is 51.1 Å². The standard InChI is InChI=1S/C14H10N4O6.Cu/c19-13-3-1-11(17(21)22)5-9(13)7-15-16-8-10-6-12(18(23)24)2-4-14(10)20;/h1-8,19-20H;/q;+2/b15-7-,16-8+;. The molecule has 2 N–H and O–H groups in total. The molecule has 2 rings (SSSR count). The molecule has 10 nitrogen and oxygen atoms in total. The normalized spacial score (nSPS) is 10.7. The number of rotatable bonds is 5. The number of non-ortho nitro benzene ring substituents is 2. The van der Waals surface area contributed by atoms with E-state index < -0.39 is 9.85 Å². The molecule has 25 heavy (non-hydrogen) atoms. The van der Waals surface area contributed by atoms with Crippen molar-refractivity contribution in [2.45, 2.75) is 0 Å². The Kier molecular flexibility index (Phi) is 6.73. The monoisotopic (exact) mass is 393 g/mol. The van der Waals surface area contributed by atoms with Gasteiger partial charge in [-0.25, -0.2) is 0 Å². The summed E-state index contributed by atoms with van der Waals surface area (Å²) in [6, 6.07) is 6.79. The molecule has 11 heteroatoms. The molecule has 0 aromatic heterocycles. The number of hydrogen-bond acceptors (Lipinski definition) is 8. The Bertz CT molecular complexity index is 797. The van der Waals surface area contributed by atoms with E-state index in [0.29, 0.717) is 0 Å². The molecule has 0 unspecified atom stereocenters. The molecule has 0 aliphatic heterocycles. The molecule has 0 atom stereocenters. The van der Waals surface area contributed by atoms with Gasteiger partial charge in [-0.2, -0.15) is 10.2 Å². The van der Waals surface area contributed by atoms with Crippen molar-refractivity contribution in [3.63, 3.8) is 0 Å². The summed E-state index contributed by atoms with van der Waals surface area (Å²) < 4.78 is 0. The average molecular weight is 394 g/mol. The van der Waals surface area contributed by atoms with Gasteiger partial charge in [0, 0.05) is 35.4 Å². The van der Waals surface area contributed by atoms with Crippen LogP contribution in [0.4, 0.5) is 11.4 Å². The Morgan fingerprint density at radius 1 is 0.800 bits per heavy atom. The molecule has 0 amide bonds. The van der Waals surface area contributed by atoms with Crippen LogP contribution in [0.2, 0.25) is 0 Å². The Morgan fingerprint density at radius 2 is 1.16 bits per heavy atom. The molecular weight excluding hydrogens is 384 g/mol. The average Bonchev–Trinajstić information content (AvgIpc) is 2.54. The Hall–Kier alpha value is -3.30. The van der Waals surface area contributed by atoms with Crippen molar-refractivity contribution in [2.24, 2.45) is 10.2 Å². The van der Waals surface area contributed by atoms with Crippen LogP contribution in [-0.4, -0.2) is 32.5 Å². The molecule has 0 spiro atoms. The molecule has 0 heterocycles. The number of hydrogen-bond donors (Lipinski definition) is 2. The van der Waals surface area contributed by atoms with E-state index in [2.05, 4.69) is 10.2 Å². The van der Waals surface area contributed by atoms with E-state index in [1.165, 1.54) is 0 Å². The van der Waals surface area contributed by atoms with Crippen LogP contribution < -0.4 is 0 Å². The summed E-state index contributed by atoms with van der Waals surface area (Å²) in [5, 5.41) is 47.7. The van der Waals surface area contributed by atoms with Gasteiger partial charge in [0.1, 0.15) is 11.5 Å². The summed E-state index contributed by atoms with van der Waals surface area (Å²) in [7, 11) is 0. The minimum Gasteiger partial charge on any atom is -0.507 e. The van der Waals surface area contributed by atoms with Gasteiger partial charge in [-0.15, -0.1) is 0 Å². The molecule has 131 valence electrons. The second-order valence-corrected chi connectivity index (χ2v) is 4.49. The first-order chi connectivity index (χ1) is 11.4. The smallest absolute Gasteiger partial charge is 0.507 e. The maximum absolute atomic E-state index is 10.7. The van der Waals surface area contributed by atoms with Gasteiger partial charge in [0.25, 0.3) is 11.4 Å². The first-order valence-corrected chi connectivity index (χ1v) is 6.39. The fourth-order valence-electron chi connectivity index (χ4n) is 1.71. The van der Waals surface area contributed by atoms with Gasteiger partial charge in [0.2, 0.25) is 0 Å². The SMILES string of the molecule is O=[N+]([O-])c1ccc(O)c(/C=N\N=C\c2cc([N+](=O)[O-])ccc2O)c1.[Cu+2]. The molecule has 0 aliphatic rings. The second-order valence-electron chi connectivity index (χ2n) is 4.49. The molecule has 0 aliphatic carbocycles. The Morgan fingerprint density at radius 3 is 1.48 bits per heavy atom. The van der Waals surface area contributed by atoms with Crippen LogP contribution in [-0.2, 0) is 17.1 Å². The van der Waals surface area contributed by atoms with E-state index in [0.717, 1.165) is 48.8 Å². The van der Waals surface area contributed by atoms with E-state index in [9.17, 15) is 30.4 Å². The van der Waals surface area contributed by atoms with Crippen LogP contribution in [0.3, 0.4) is 0 Å². The Labute approximate surface area is 150 Å². The third-order valence-electron chi connectivity index (χ3n) is 2.90. The van der Waals surface area contributed by atoms with Gasteiger partial charge in [0.15, 0.2) is 0 Å². The van der Waals surface area contributed by atoms with E-state index in [1.54, 1.807) is 0 Å². The maximum Gasteiger partial charge on any atom is 2.00 e. The summed E-state index contributed by atoms with van der Waals surface area (Å²) in [5.41, 5.74) is -0.307. The first-order valence-electron chi connectivity index (χ1n) is 6.39. The van der Waals surface area contributed by atoms with Gasteiger partial charge in [-0.1, -0.05) is 0 Å². The van der Waals surface area contributed by atoms with Gasteiger partial charge >= 0.3 is 17.1 Å². The van der Waals surface area contributed by atoms with Gasteiger partial charge in [0.05, 0.1) is 22.3 Å². The number of nitro groups is 2. The topological polar surface area (TPSA) is 151 Å². The molecule has 2 aromatic carbocycles. The van der Waals surface area contributed by atoms with Crippen molar-refractivity contribution in [3.05, 3.63) is 67.8 Å². The number of aromatic hydroxyl groups is 2. The fraction of sp³-hybridized carbons (Fsp3) is 0. The quantitative estimate of drug-likeness (QED) is 0.344. The molecule has 1 radical (unpaired) electrons. The van der Waals surface area contributed by atoms with E-state index >= 15 is 0 Å². The summed E-state index contributed by atoms with van der Waals surface area (Å²) in [5.74, 6) is -0.449. The summed E-state index contributed by atoms with van der Waals surface area (Å²) in [6.45, 7) is 0. The number of phenolic OH excluding ortho intramolecular Hbond substituents is 2. The third kappa shape index (κ3) is 5.09. The predicted molar refractivity (Wildman–Crippen MR) is 84.7 cm³/mol. The zero-order chi connectivity index (χ0) is 17.7. The molecular formula is C14H10CuN4O6+2. The summed E-state index contributed by atoms with van der Waals surface area (Å²) >= 11 is 0. The zero-order valence-corrected chi connectivity index (χ0v) is 13.2. The van der Waals surface area contributed by atoms with Crippen molar-refractivity contribution in [2.75, 3.05) is 0 Å². The van der Waals surface area contributed by atoms with Gasteiger partial charge < -0.3 is 10.2 Å². The van der Waals surface area contributed by atoms with Crippen molar-refractivity contribution in [1.82, 2.24) is 0 Å². The van der Waals surface area contributed by atoms with Crippen molar-refractivity contribution in [1.29, 1.82) is 0 Å². The van der Waals surface area contributed by atoms with Crippen LogP contribution >= 0.6 is 0 Å². The number of nitrogens with zero attached hydrogens (tertiary/aromatic N) is 4. The minimum absolute atomic E-state index is 0. The number of benzene rings is 2. The van der Waals surface area contributed by atoms with Crippen LogP contribution in [0.1, 0.15) is 11.1 Å². The summed E-state index contributed by atoms with van der Waals surface area (Å²) in [6.07, 6.45) is 2.15. The number of nitro benzene ring substituents is 2. The molecule has 0 bridgehead atoms. The molecule has 0 fully saturated rings. The Balaban J connectivity index is 0.00000312. The predicted octanol–water partition coefficient (Wildman–Crippen LogP) is 2.36. The molecule has 0 saturated heterocycles. The van der Waals surface area contributed by atoms with Crippen molar-refractivity contribution >= 4 is 23.8 Å². The maximum atomic E-state index is 10.7. The largest absolute Gasteiger partial charge is 2.00 e. The first kappa shape index (κ1) is 19.7. The van der Waals surface area contributed by atoms with E-state index in [1.807, 2.05) is 0 Å². The van der Waals surface area contributed by atoms with Crippen molar-refractivity contribution in [3.8, 4) is 11.5 Å². The van der Waals surface area contributed by atoms with Crippen LogP contribution in [0, 0.1) is 20.2 Å². The van der Waals surface area contributed by atoms with E-state index in [4.69, 9.17) is 0 Å².